The Hall–Kier alpha value is -1.22. The number of hydrogen-bond donors (Lipinski definition) is 1. The summed E-state index contributed by atoms with van der Waals surface area (Å²) in [4.78, 5) is 6.36. The van der Waals surface area contributed by atoms with Crippen molar-refractivity contribution in [3.05, 3.63) is 40.4 Å². The normalized spacial score (nSPS) is 26.5. The van der Waals surface area contributed by atoms with Crippen LogP contribution in [0.4, 0.5) is 5.69 Å². The molecule has 0 bridgehead atoms. The highest BCUT2D eigenvalue weighted by Gasteiger charge is 2.34. The Bertz CT molecular complexity index is 596. The molecule has 0 fully saturated rings. The molecule has 0 spiro atoms. The summed E-state index contributed by atoms with van der Waals surface area (Å²) < 4.78 is 0. The van der Waals surface area contributed by atoms with Gasteiger partial charge in [-0.25, -0.2) is 0 Å². The Morgan fingerprint density at radius 1 is 1.19 bits per heavy atom. The van der Waals surface area contributed by atoms with E-state index in [0.717, 1.165) is 24.3 Å². The van der Waals surface area contributed by atoms with Crippen molar-refractivity contribution in [1.82, 2.24) is 5.32 Å². The summed E-state index contributed by atoms with van der Waals surface area (Å²) in [5, 5.41) is 3.68. The fourth-order valence-electron chi connectivity index (χ4n) is 3.03. The van der Waals surface area contributed by atoms with Crippen LogP contribution in [0.3, 0.4) is 0 Å². The van der Waals surface area contributed by atoms with Gasteiger partial charge in [0, 0.05) is 22.4 Å². The van der Waals surface area contributed by atoms with Gasteiger partial charge in [0.1, 0.15) is 0 Å². The summed E-state index contributed by atoms with van der Waals surface area (Å²) in [6, 6.07) is 9.07. The van der Waals surface area contributed by atoms with Crippen molar-refractivity contribution < 1.29 is 0 Å². The Kier molecular flexibility index (Phi) is 3.87. The van der Waals surface area contributed by atoms with Gasteiger partial charge in [-0.2, -0.15) is 0 Å². The molecule has 1 heterocycles. The predicted molar refractivity (Wildman–Crippen MR) is 93.4 cm³/mol. The van der Waals surface area contributed by atoms with Crippen LogP contribution < -0.4 is 5.32 Å². The Labute approximate surface area is 132 Å². The number of aryl methyl sites for hydroxylation is 1. The third-order valence-electron chi connectivity index (χ3n) is 4.03. The second-order valence-corrected chi connectivity index (χ2v) is 8.11. The molecular formula is C18H24N2S. The maximum absolute atomic E-state index is 4.96. The molecule has 0 amide bonds. The first-order valence-corrected chi connectivity index (χ1v) is 8.69. The number of hydrogen-bond acceptors (Lipinski definition) is 3. The molecule has 1 aliphatic carbocycles. The lowest BCUT2D eigenvalue weighted by atomic mass is 9.78. The van der Waals surface area contributed by atoms with Gasteiger partial charge in [-0.15, -0.1) is 11.8 Å². The van der Waals surface area contributed by atoms with Crippen LogP contribution in [0.5, 0.6) is 0 Å². The third-order valence-corrected chi connectivity index (χ3v) is 5.47. The zero-order chi connectivity index (χ0) is 15.0. The molecule has 2 nitrogen and oxygen atoms in total. The minimum atomic E-state index is 0.285. The van der Waals surface area contributed by atoms with Crippen LogP contribution in [-0.4, -0.2) is 17.5 Å². The molecule has 112 valence electrons. The molecule has 3 heteroatoms. The maximum Gasteiger partial charge on any atom is 0.0633 e. The standard InChI is InChI=1S/C18H24N2S/c1-12-5-7-14(8-6-12)20-16-10-18(3,4)9-15-17(16)21-11-13(2)19-15/h5-8,13,19H,9-11H2,1-4H3/b20-16+. The van der Waals surface area contributed by atoms with Crippen LogP contribution in [0.15, 0.2) is 39.9 Å². The van der Waals surface area contributed by atoms with Gasteiger partial charge >= 0.3 is 0 Å². The highest BCUT2D eigenvalue weighted by molar-refractivity contribution is 8.04. The summed E-state index contributed by atoms with van der Waals surface area (Å²) in [6.07, 6.45) is 2.19. The highest BCUT2D eigenvalue weighted by atomic mass is 32.2. The van der Waals surface area contributed by atoms with Crippen molar-refractivity contribution in [1.29, 1.82) is 0 Å². The monoisotopic (exact) mass is 300 g/mol. The summed E-state index contributed by atoms with van der Waals surface area (Å²) in [5.41, 5.74) is 5.30. The topological polar surface area (TPSA) is 24.4 Å². The van der Waals surface area contributed by atoms with E-state index in [1.807, 2.05) is 11.8 Å². The van der Waals surface area contributed by atoms with Crippen molar-refractivity contribution in [2.24, 2.45) is 10.4 Å². The van der Waals surface area contributed by atoms with Crippen LogP contribution in [0.2, 0.25) is 0 Å². The molecular weight excluding hydrogens is 276 g/mol. The lowest BCUT2D eigenvalue weighted by Crippen LogP contribution is -2.39. The first kappa shape index (κ1) is 14.7. The summed E-state index contributed by atoms with van der Waals surface area (Å²) in [6.45, 7) is 9.05. The number of rotatable bonds is 1. The van der Waals surface area contributed by atoms with Crippen molar-refractivity contribution in [3.8, 4) is 0 Å². The number of nitrogens with zero attached hydrogens (tertiary/aromatic N) is 1. The Morgan fingerprint density at radius 2 is 1.90 bits per heavy atom. The lowest BCUT2D eigenvalue weighted by Gasteiger charge is -2.38. The van der Waals surface area contributed by atoms with E-state index in [1.54, 1.807) is 0 Å². The molecule has 0 saturated carbocycles. The van der Waals surface area contributed by atoms with Crippen molar-refractivity contribution in [3.63, 3.8) is 0 Å². The zero-order valence-corrected chi connectivity index (χ0v) is 14.2. The van der Waals surface area contributed by atoms with E-state index in [9.17, 15) is 0 Å². The first-order chi connectivity index (χ1) is 9.93. The van der Waals surface area contributed by atoms with Crippen LogP contribution >= 0.6 is 11.8 Å². The Balaban J connectivity index is 1.99. The van der Waals surface area contributed by atoms with Gasteiger partial charge in [0.15, 0.2) is 0 Å². The molecule has 3 rings (SSSR count). The molecule has 1 atom stereocenters. The number of benzene rings is 1. The van der Waals surface area contributed by atoms with Crippen molar-refractivity contribution in [2.75, 3.05) is 5.75 Å². The molecule has 1 unspecified atom stereocenters. The van der Waals surface area contributed by atoms with E-state index >= 15 is 0 Å². The van der Waals surface area contributed by atoms with E-state index in [4.69, 9.17) is 4.99 Å². The number of thioether (sulfide) groups is 1. The second kappa shape index (κ2) is 5.53. The van der Waals surface area contributed by atoms with E-state index in [-0.39, 0.29) is 5.41 Å². The average Bonchev–Trinajstić information content (AvgIpc) is 2.39. The predicted octanol–water partition coefficient (Wildman–Crippen LogP) is 4.82. The summed E-state index contributed by atoms with van der Waals surface area (Å²) >= 11 is 1.97. The van der Waals surface area contributed by atoms with Gasteiger partial charge in [-0.1, -0.05) is 31.5 Å². The Morgan fingerprint density at radius 3 is 2.62 bits per heavy atom. The zero-order valence-electron chi connectivity index (χ0n) is 13.4. The van der Waals surface area contributed by atoms with E-state index in [1.165, 1.54) is 21.9 Å². The largest absolute Gasteiger partial charge is 0.384 e. The van der Waals surface area contributed by atoms with Crippen LogP contribution in [0.25, 0.3) is 0 Å². The van der Waals surface area contributed by atoms with Gasteiger partial charge < -0.3 is 5.32 Å². The number of aliphatic imine (C=N–C) groups is 1. The fourth-order valence-corrected chi connectivity index (χ4v) is 4.12. The van der Waals surface area contributed by atoms with E-state index < -0.39 is 0 Å². The molecule has 2 aliphatic rings. The molecule has 0 radical (unpaired) electrons. The SMILES string of the molecule is Cc1ccc(/N=C2\CC(C)(C)CC3=C2SCC(C)N3)cc1. The van der Waals surface area contributed by atoms with Crippen LogP contribution in [0.1, 0.15) is 39.2 Å². The van der Waals surface area contributed by atoms with Crippen molar-refractivity contribution >= 4 is 23.2 Å². The highest BCUT2D eigenvalue weighted by Crippen LogP contribution is 2.42. The third kappa shape index (κ3) is 3.34. The van der Waals surface area contributed by atoms with Gasteiger partial charge in [0.2, 0.25) is 0 Å². The smallest absolute Gasteiger partial charge is 0.0633 e. The lowest BCUT2D eigenvalue weighted by molar-refractivity contribution is 0.357. The van der Waals surface area contributed by atoms with Gasteiger partial charge in [0.05, 0.1) is 11.4 Å². The minimum Gasteiger partial charge on any atom is -0.384 e. The molecule has 0 saturated heterocycles. The van der Waals surface area contributed by atoms with Gasteiger partial charge in [-0.3, -0.25) is 4.99 Å². The summed E-state index contributed by atoms with van der Waals surface area (Å²) in [7, 11) is 0. The fraction of sp³-hybridized carbons (Fsp3) is 0.500. The molecule has 21 heavy (non-hydrogen) atoms. The molecule has 0 aromatic heterocycles. The van der Waals surface area contributed by atoms with E-state index in [2.05, 4.69) is 57.3 Å². The van der Waals surface area contributed by atoms with Crippen LogP contribution in [-0.2, 0) is 0 Å². The maximum atomic E-state index is 4.96. The van der Waals surface area contributed by atoms with E-state index in [0.29, 0.717) is 6.04 Å². The number of nitrogens with one attached hydrogen (secondary N) is 1. The van der Waals surface area contributed by atoms with Crippen molar-refractivity contribution in [2.45, 2.75) is 46.6 Å². The number of allylic oxidation sites excluding steroid dienone is 2. The summed E-state index contributed by atoms with van der Waals surface area (Å²) in [5.74, 6) is 1.13. The first-order valence-electron chi connectivity index (χ1n) is 7.70. The quantitative estimate of drug-likeness (QED) is 0.803. The molecule has 1 aromatic rings. The molecule has 1 aromatic carbocycles. The second-order valence-electron chi connectivity index (χ2n) is 7.08. The molecule has 1 N–H and O–H groups in total. The average molecular weight is 300 g/mol. The minimum absolute atomic E-state index is 0.285. The van der Waals surface area contributed by atoms with Gasteiger partial charge in [0.25, 0.3) is 0 Å². The molecule has 1 aliphatic heterocycles. The van der Waals surface area contributed by atoms with Gasteiger partial charge in [-0.05, 0) is 44.2 Å². The van der Waals surface area contributed by atoms with Crippen LogP contribution in [0, 0.1) is 12.3 Å².